The molecule has 14 heteroatoms. The topological polar surface area (TPSA) is 81.2 Å². The molecule has 2 heterocycles. The van der Waals surface area contributed by atoms with E-state index in [2.05, 4.69) is 4.98 Å². The Morgan fingerprint density at radius 1 is 1.03 bits per heavy atom. The van der Waals surface area contributed by atoms with Crippen molar-refractivity contribution in [2.75, 3.05) is 25.7 Å². The lowest BCUT2D eigenvalue weighted by Gasteiger charge is -2.35. The molecule has 0 saturated carbocycles. The lowest BCUT2D eigenvalue weighted by molar-refractivity contribution is -0.280. The van der Waals surface area contributed by atoms with Crippen LogP contribution in [0.3, 0.4) is 0 Å². The predicted molar refractivity (Wildman–Crippen MR) is 111 cm³/mol. The number of rotatable bonds is 7. The predicted octanol–water partition coefficient (Wildman–Crippen LogP) is 4.31. The van der Waals surface area contributed by atoms with Crippen LogP contribution >= 0.6 is 0 Å². The highest BCUT2D eigenvalue weighted by atomic mass is 19.4. The molecule has 36 heavy (non-hydrogen) atoms. The first kappa shape index (κ1) is 27.2. The van der Waals surface area contributed by atoms with Crippen LogP contribution in [0.1, 0.15) is 18.1 Å². The van der Waals surface area contributed by atoms with E-state index < -0.39 is 59.4 Å². The van der Waals surface area contributed by atoms with Crippen LogP contribution in [-0.2, 0) is 30.8 Å². The molecule has 3 rings (SSSR count). The quantitative estimate of drug-likeness (QED) is 0.399. The summed E-state index contributed by atoms with van der Waals surface area (Å²) in [6.45, 7) is 1.43. The second kappa shape index (κ2) is 9.93. The summed E-state index contributed by atoms with van der Waals surface area (Å²) in [6, 6.07) is 6.03. The van der Waals surface area contributed by atoms with Gasteiger partial charge >= 0.3 is 24.4 Å². The summed E-state index contributed by atoms with van der Waals surface area (Å²) >= 11 is 0. The number of likely N-dealkylation sites (N-methyl/N-ethyl adjacent to an activating group) is 1. The molecule has 0 N–H and O–H groups in total. The summed E-state index contributed by atoms with van der Waals surface area (Å²) in [5.41, 5.74) is -5.40. The Kier molecular flexibility index (Phi) is 7.50. The molecule has 3 atom stereocenters. The molecule has 1 aliphatic heterocycles. The van der Waals surface area contributed by atoms with E-state index >= 15 is 0 Å². The number of hydrogen-bond acceptors (Lipinski definition) is 6. The Balaban J connectivity index is 2.11. The first-order valence-electron chi connectivity index (χ1n) is 10.4. The van der Waals surface area contributed by atoms with Gasteiger partial charge < -0.3 is 14.2 Å². The van der Waals surface area contributed by atoms with Gasteiger partial charge in [0.25, 0.3) is 5.60 Å². The maximum absolute atomic E-state index is 14.3. The normalized spacial score (nSPS) is 20.4. The first-order valence-corrected chi connectivity index (χ1v) is 10.4. The van der Waals surface area contributed by atoms with Crippen molar-refractivity contribution in [3.05, 3.63) is 59.8 Å². The molecule has 2 amide bonds. The summed E-state index contributed by atoms with van der Waals surface area (Å²) in [4.78, 5) is 31.3. The van der Waals surface area contributed by atoms with Crippen molar-refractivity contribution >= 4 is 17.8 Å². The SMILES string of the molecule is CCO[C@@H]1[C@@H](OC(=O)[C@](OC)(c2ccccc2)C(F)(F)F)N(c2cc(C(F)(F)F)ccn2)C(=O)N1C. The Hall–Kier alpha value is -3.39. The maximum Gasteiger partial charge on any atom is 0.432 e. The molecule has 1 aliphatic rings. The molecule has 0 aliphatic carbocycles. The van der Waals surface area contributed by atoms with Gasteiger partial charge in [-0.15, -0.1) is 0 Å². The third-order valence-electron chi connectivity index (χ3n) is 5.45. The van der Waals surface area contributed by atoms with E-state index in [1.807, 2.05) is 0 Å². The van der Waals surface area contributed by atoms with E-state index in [0.717, 1.165) is 23.2 Å². The number of nitrogens with zero attached hydrogens (tertiary/aromatic N) is 3. The van der Waals surface area contributed by atoms with Crippen molar-refractivity contribution < 1.29 is 50.1 Å². The van der Waals surface area contributed by atoms with E-state index in [4.69, 9.17) is 14.2 Å². The number of esters is 1. The van der Waals surface area contributed by atoms with Crippen molar-refractivity contribution in [1.29, 1.82) is 0 Å². The third kappa shape index (κ3) is 4.69. The number of pyridine rings is 1. The number of urea groups is 1. The summed E-state index contributed by atoms with van der Waals surface area (Å²) in [7, 11) is 1.83. The Morgan fingerprint density at radius 2 is 1.67 bits per heavy atom. The Morgan fingerprint density at radius 3 is 2.19 bits per heavy atom. The number of benzene rings is 1. The Labute approximate surface area is 201 Å². The zero-order chi connectivity index (χ0) is 26.9. The van der Waals surface area contributed by atoms with Crippen molar-refractivity contribution in [2.45, 2.75) is 37.3 Å². The zero-order valence-electron chi connectivity index (χ0n) is 19.1. The molecule has 0 unspecified atom stereocenters. The molecule has 8 nitrogen and oxygen atoms in total. The number of anilines is 1. The maximum atomic E-state index is 14.3. The van der Waals surface area contributed by atoms with Crippen molar-refractivity contribution in [3.63, 3.8) is 0 Å². The highest BCUT2D eigenvalue weighted by Gasteiger charge is 2.65. The van der Waals surface area contributed by atoms with Crippen molar-refractivity contribution in [2.24, 2.45) is 0 Å². The summed E-state index contributed by atoms with van der Waals surface area (Å²) in [5, 5.41) is 0. The van der Waals surface area contributed by atoms with Gasteiger partial charge in [0.2, 0.25) is 6.23 Å². The van der Waals surface area contributed by atoms with Gasteiger partial charge in [0.05, 0.1) is 5.56 Å². The van der Waals surface area contributed by atoms with Gasteiger partial charge in [-0.1, -0.05) is 30.3 Å². The van der Waals surface area contributed by atoms with Crippen LogP contribution in [0.25, 0.3) is 0 Å². The van der Waals surface area contributed by atoms with Crippen LogP contribution < -0.4 is 4.90 Å². The lowest BCUT2D eigenvalue weighted by atomic mass is 9.92. The number of hydrogen-bond donors (Lipinski definition) is 0. The molecule has 2 aromatic rings. The highest BCUT2D eigenvalue weighted by Crippen LogP contribution is 2.44. The molecule has 1 fully saturated rings. The fourth-order valence-corrected chi connectivity index (χ4v) is 3.72. The Bertz CT molecular complexity index is 1100. The van der Waals surface area contributed by atoms with Gasteiger partial charge in [-0.05, 0) is 19.1 Å². The van der Waals surface area contributed by atoms with Crippen molar-refractivity contribution in [3.8, 4) is 0 Å². The zero-order valence-corrected chi connectivity index (χ0v) is 19.1. The minimum Gasteiger partial charge on any atom is -0.433 e. The fraction of sp³-hybridized carbons (Fsp3) is 0.409. The van der Waals surface area contributed by atoms with E-state index in [1.54, 1.807) is 0 Å². The molecule has 1 aromatic carbocycles. The minimum absolute atomic E-state index is 0.0758. The number of ether oxygens (including phenoxy) is 3. The monoisotopic (exact) mass is 521 g/mol. The molecule has 0 spiro atoms. The second-order valence-electron chi connectivity index (χ2n) is 7.55. The standard InChI is InChI=1S/C22H21F6N3O5/c1-4-35-16-17(31(19(33)30(16)2)15-12-14(10-11-29-15)21(23,24)25)36-18(32)20(34-3,22(26,27)28)13-8-6-5-7-9-13/h5-12,16-17H,4H2,1-3H3/t16-,17-,20-/m1/s1. The number of halogens is 6. The molecule has 1 saturated heterocycles. The summed E-state index contributed by atoms with van der Waals surface area (Å²) in [6.07, 6.45) is -12.8. The van der Waals surface area contributed by atoms with E-state index in [1.165, 1.54) is 32.2 Å². The smallest absolute Gasteiger partial charge is 0.432 e. The van der Waals surface area contributed by atoms with Crippen LogP contribution in [0.4, 0.5) is 37.0 Å². The van der Waals surface area contributed by atoms with Crippen LogP contribution in [0.15, 0.2) is 48.7 Å². The second-order valence-corrected chi connectivity index (χ2v) is 7.55. The van der Waals surface area contributed by atoms with Gasteiger partial charge in [0, 0.05) is 32.5 Å². The fourth-order valence-electron chi connectivity index (χ4n) is 3.72. The number of methoxy groups -OCH3 is 1. The average molecular weight is 521 g/mol. The molecule has 0 radical (unpaired) electrons. The van der Waals surface area contributed by atoms with Crippen LogP contribution in [0.5, 0.6) is 0 Å². The van der Waals surface area contributed by atoms with E-state index in [-0.39, 0.29) is 6.61 Å². The van der Waals surface area contributed by atoms with Gasteiger partial charge in [-0.2, -0.15) is 26.3 Å². The molecule has 1 aromatic heterocycles. The number of alkyl halides is 6. The van der Waals surface area contributed by atoms with Gasteiger partial charge in [0.15, 0.2) is 6.23 Å². The first-order chi connectivity index (χ1) is 16.8. The van der Waals surface area contributed by atoms with Crippen LogP contribution in [-0.4, -0.2) is 61.3 Å². The molecular weight excluding hydrogens is 500 g/mol. The number of carbonyl (C=O) groups excluding carboxylic acids is 2. The minimum atomic E-state index is -5.32. The van der Waals surface area contributed by atoms with Crippen LogP contribution in [0, 0.1) is 0 Å². The lowest BCUT2D eigenvalue weighted by Crippen LogP contribution is -2.55. The van der Waals surface area contributed by atoms with Crippen molar-refractivity contribution in [1.82, 2.24) is 9.88 Å². The number of carbonyl (C=O) groups is 2. The summed E-state index contributed by atoms with van der Waals surface area (Å²) < 4.78 is 98.0. The average Bonchev–Trinajstić information content (AvgIpc) is 3.04. The largest absolute Gasteiger partial charge is 0.433 e. The van der Waals surface area contributed by atoms with E-state index in [0.29, 0.717) is 24.1 Å². The highest BCUT2D eigenvalue weighted by molar-refractivity contribution is 5.95. The summed E-state index contributed by atoms with van der Waals surface area (Å²) in [5.74, 6) is -2.57. The number of amides is 2. The molecule has 196 valence electrons. The van der Waals surface area contributed by atoms with Crippen LogP contribution in [0.2, 0.25) is 0 Å². The molecular formula is C22H21F6N3O5. The molecule has 0 bridgehead atoms. The van der Waals surface area contributed by atoms with Gasteiger partial charge in [0.1, 0.15) is 5.82 Å². The third-order valence-corrected chi connectivity index (χ3v) is 5.45. The van der Waals surface area contributed by atoms with E-state index in [9.17, 15) is 35.9 Å². The van der Waals surface area contributed by atoms with Gasteiger partial charge in [-0.25, -0.2) is 19.5 Å². The van der Waals surface area contributed by atoms with Gasteiger partial charge in [-0.3, -0.25) is 4.90 Å². The number of aromatic nitrogens is 1.